The highest BCUT2D eigenvalue weighted by Gasteiger charge is 2.30. The SMILES string of the molecule is N#CCS(=O)(=O)N1CCOc2c(C(=O)O)cccc21. The summed E-state index contributed by atoms with van der Waals surface area (Å²) in [5.41, 5.74) is 0.0516. The number of hydrogen-bond acceptors (Lipinski definition) is 5. The van der Waals surface area contributed by atoms with E-state index in [0.29, 0.717) is 0 Å². The number of benzene rings is 1. The van der Waals surface area contributed by atoms with Crippen LogP contribution in [-0.4, -0.2) is 38.4 Å². The first-order valence-corrected chi connectivity index (χ1v) is 6.95. The third kappa shape index (κ3) is 2.32. The minimum atomic E-state index is -3.79. The van der Waals surface area contributed by atoms with E-state index < -0.39 is 21.7 Å². The van der Waals surface area contributed by atoms with Crippen LogP contribution in [0.4, 0.5) is 5.69 Å². The van der Waals surface area contributed by atoms with Crippen LogP contribution in [0.3, 0.4) is 0 Å². The number of rotatable bonds is 3. The largest absolute Gasteiger partial charge is 0.489 e. The van der Waals surface area contributed by atoms with E-state index in [4.69, 9.17) is 15.1 Å². The number of carboxylic acid groups (broad SMARTS) is 1. The third-order valence-electron chi connectivity index (χ3n) is 2.62. The van der Waals surface area contributed by atoms with Gasteiger partial charge >= 0.3 is 5.97 Å². The van der Waals surface area contributed by atoms with Crippen molar-refractivity contribution in [3.05, 3.63) is 23.8 Å². The van der Waals surface area contributed by atoms with Gasteiger partial charge in [0.25, 0.3) is 0 Å². The molecule has 0 unspecified atom stereocenters. The van der Waals surface area contributed by atoms with Gasteiger partial charge in [0.15, 0.2) is 11.5 Å². The Morgan fingerprint density at radius 1 is 1.53 bits per heavy atom. The summed E-state index contributed by atoms with van der Waals surface area (Å²) < 4.78 is 30.1. The highest BCUT2D eigenvalue weighted by atomic mass is 32.2. The summed E-state index contributed by atoms with van der Waals surface area (Å²) in [4.78, 5) is 11.1. The van der Waals surface area contributed by atoms with E-state index in [1.807, 2.05) is 0 Å². The first-order chi connectivity index (χ1) is 8.97. The summed E-state index contributed by atoms with van der Waals surface area (Å²) in [6.07, 6.45) is 0. The predicted molar refractivity (Wildman–Crippen MR) is 65.6 cm³/mol. The topological polar surface area (TPSA) is 108 Å². The van der Waals surface area contributed by atoms with Crippen LogP contribution >= 0.6 is 0 Å². The molecule has 0 bridgehead atoms. The van der Waals surface area contributed by atoms with Crippen LogP contribution in [0.15, 0.2) is 18.2 Å². The van der Waals surface area contributed by atoms with Gasteiger partial charge in [0.1, 0.15) is 12.2 Å². The first kappa shape index (κ1) is 13.2. The molecular formula is C11H10N2O5S. The summed E-state index contributed by atoms with van der Waals surface area (Å²) in [5, 5.41) is 17.6. The van der Waals surface area contributed by atoms with E-state index in [-0.39, 0.29) is 30.2 Å². The Balaban J connectivity index is 2.56. The van der Waals surface area contributed by atoms with Gasteiger partial charge in [-0.15, -0.1) is 0 Å². The summed E-state index contributed by atoms with van der Waals surface area (Å²) >= 11 is 0. The fourth-order valence-corrected chi connectivity index (χ4v) is 2.96. The summed E-state index contributed by atoms with van der Waals surface area (Å²) in [7, 11) is -3.79. The maximum atomic E-state index is 11.9. The van der Waals surface area contributed by atoms with Crippen molar-refractivity contribution in [3.63, 3.8) is 0 Å². The lowest BCUT2D eigenvalue weighted by Crippen LogP contribution is -2.39. The number of aromatic carboxylic acids is 1. The molecule has 1 aromatic carbocycles. The molecule has 0 spiro atoms. The maximum Gasteiger partial charge on any atom is 0.339 e. The molecule has 0 saturated heterocycles. The molecule has 1 aromatic rings. The van der Waals surface area contributed by atoms with Crippen LogP contribution in [0.1, 0.15) is 10.4 Å². The van der Waals surface area contributed by atoms with Gasteiger partial charge in [-0.1, -0.05) is 6.07 Å². The molecule has 1 aliphatic rings. The molecule has 0 amide bonds. The number of para-hydroxylation sites is 1. The highest BCUT2D eigenvalue weighted by Crippen LogP contribution is 2.36. The van der Waals surface area contributed by atoms with Crippen molar-refractivity contribution >= 4 is 21.7 Å². The molecule has 0 fully saturated rings. The lowest BCUT2D eigenvalue weighted by molar-refractivity contribution is 0.0692. The zero-order valence-electron chi connectivity index (χ0n) is 9.74. The molecule has 1 aliphatic heterocycles. The van der Waals surface area contributed by atoms with Crippen molar-refractivity contribution in [1.82, 2.24) is 0 Å². The van der Waals surface area contributed by atoms with Crippen molar-refractivity contribution < 1.29 is 23.1 Å². The molecule has 0 aliphatic carbocycles. The molecule has 1 N–H and O–H groups in total. The van der Waals surface area contributed by atoms with E-state index in [1.54, 1.807) is 6.07 Å². The second-order valence-electron chi connectivity index (χ2n) is 3.79. The molecule has 0 aromatic heterocycles. The molecule has 7 nitrogen and oxygen atoms in total. The van der Waals surface area contributed by atoms with Crippen LogP contribution in [0.5, 0.6) is 5.75 Å². The molecule has 0 radical (unpaired) electrons. The van der Waals surface area contributed by atoms with Crippen molar-refractivity contribution in [2.75, 3.05) is 23.2 Å². The number of sulfonamides is 1. The van der Waals surface area contributed by atoms with E-state index in [9.17, 15) is 13.2 Å². The molecule has 1 heterocycles. The van der Waals surface area contributed by atoms with Crippen LogP contribution in [0, 0.1) is 11.3 Å². The number of nitrogens with zero attached hydrogens (tertiary/aromatic N) is 2. The van der Waals surface area contributed by atoms with Crippen LogP contribution in [0.2, 0.25) is 0 Å². The molecular weight excluding hydrogens is 272 g/mol. The van der Waals surface area contributed by atoms with Crippen LogP contribution < -0.4 is 9.04 Å². The van der Waals surface area contributed by atoms with Gasteiger partial charge in [-0.3, -0.25) is 4.31 Å². The standard InChI is InChI=1S/C11H10N2O5S/c12-4-7-19(16,17)13-5-6-18-10-8(11(14)15)2-1-3-9(10)13/h1-3H,5-7H2,(H,14,15). The maximum absolute atomic E-state index is 11.9. The molecule has 0 atom stereocenters. The predicted octanol–water partition coefficient (Wildman–Crippen LogP) is 0.437. The normalized spacial score (nSPS) is 14.2. The minimum absolute atomic E-state index is 0.0164. The van der Waals surface area contributed by atoms with E-state index in [1.165, 1.54) is 18.2 Å². The minimum Gasteiger partial charge on any atom is -0.489 e. The van der Waals surface area contributed by atoms with E-state index in [0.717, 1.165) is 4.31 Å². The third-order valence-corrected chi connectivity index (χ3v) is 4.16. The van der Waals surface area contributed by atoms with Gasteiger partial charge < -0.3 is 9.84 Å². The van der Waals surface area contributed by atoms with Crippen LogP contribution in [0.25, 0.3) is 0 Å². The Morgan fingerprint density at radius 3 is 2.89 bits per heavy atom. The van der Waals surface area contributed by atoms with Gasteiger partial charge in [0.2, 0.25) is 10.0 Å². The molecule has 2 rings (SSSR count). The summed E-state index contributed by atoms with van der Waals surface area (Å²) in [6, 6.07) is 5.81. The number of anilines is 1. The average Bonchev–Trinajstić information content (AvgIpc) is 2.37. The Kier molecular flexibility index (Phi) is 3.31. The number of nitriles is 1. The first-order valence-electron chi connectivity index (χ1n) is 5.34. The van der Waals surface area contributed by atoms with Crippen LogP contribution in [-0.2, 0) is 10.0 Å². The van der Waals surface area contributed by atoms with E-state index >= 15 is 0 Å². The number of carbonyl (C=O) groups is 1. The smallest absolute Gasteiger partial charge is 0.339 e. The Morgan fingerprint density at radius 2 is 2.26 bits per heavy atom. The number of carboxylic acids is 1. The molecule has 100 valence electrons. The Hall–Kier alpha value is -2.27. The van der Waals surface area contributed by atoms with Gasteiger partial charge in [-0.2, -0.15) is 5.26 Å². The van der Waals surface area contributed by atoms with E-state index in [2.05, 4.69) is 0 Å². The number of ether oxygens (including phenoxy) is 1. The second-order valence-corrected chi connectivity index (χ2v) is 5.69. The molecule has 0 saturated carbocycles. The fraction of sp³-hybridized carbons (Fsp3) is 0.273. The number of hydrogen-bond donors (Lipinski definition) is 1. The van der Waals surface area contributed by atoms with Crippen molar-refractivity contribution in [1.29, 1.82) is 5.26 Å². The van der Waals surface area contributed by atoms with Gasteiger partial charge in [0.05, 0.1) is 18.3 Å². The average molecular weight is 282 g/mol. The zero-order valence-corrected chi connectivity index (χ0v) is 10.6. The lowest BCUT2D eigenvalue weighted by atomic mass is 10.1. The van der Waals surface area contributed by atoms with Crippen molar-refractivity contribution in [2.45, 2.75) is 0 Å². The van der Waals surface area contributed by atoms with Gasteiger partial charge in [-0.25, -0.2) is 13.2 Å². The summed E-state index contributed by atoms with van der Waals surface area (Å²) in [6.45, 7) is 0.0992. The monoisotopic (exact) mass is 282 g/mol. The van der Waals surface area contributed by atoms with Crippen molar-refractivity contribution in [3.8, 4) is 11.8 Å². The molecule has 19 heavy (non-hydrogen) atoms. The van der Waals surface area contributed by atoms with Crippen molar-refractivity contribution in [2.24, 2.45) is 0 Å². The molecule has 8 heteroatoms. The fourth-order valence-electron chi connectivity index (χ4n) is 1.84. The quantitative estimate of drug-likeness (QED) is 0.861. The Labute approximate surface area is 109 Å². The highest BCUT2D eigenvalue weighted by molar-refractivity contribution is 7.93. The zero-order chi connectivity index (χ0) is 14.0. The van der Waals surface area contributed by atoms with Gasteiger partial charge in [0, 0.05) is 0 Å². The summed E-state index contributed by atoms with van der Waals surface area (Å²) in [5.74, 6) is -1.84. The lowest BCUT2D eigenvalue weighted by Gasteiger charge is -2.30. The van der Waals surface area contributed by atoms with Gasteiger partial charge in [-0.05, 0) is 12.1 Å². The second kappa shape index (κ2) is 4.78. The Bertz CT molecular complexity index is 662. The number of fused-ring (bicyclic) bond motifs is 1.